The van der Waals surface area contributed by atoms with E-state index in [1.807, 2.05) is 6.08 Å². The Bertz CT molecular complexity index is 810. The second-order valence-corrected chi connectivity index (χ2v) is 16.2. The van der Waals surface area contributed by atoms with Crippen LogP contribution in [0.25, 0.3) is 0 Å². The number of ketones is 1. The van der Waals surface area contributed by atoms with Crippen LogP contribution >= 0.6 is 0 Å². The van der Waals surface area contributed by atoms with Gasteiger partial charge in [0, 0.05) is 17.3 Å². The summed E-state index contributed by atoms with van der Waals surface area (Å²) in [7, 11) is -1.93. The lowest BCUT2D eigenvalue weighted by molar-refractivity contribution is -0.201. The molecule has 3 saturated carbocycles. The van der Waals surface area contributed by atoms with Crippen molar-refractivity contribution in [2.45, 2.75) is 96.6 Å². The fourth-order valence-electron chi connectivity index (χ4n) is 7.79. The van der Waals surface area contributed by atoms with Gasteiger partial charge in [0.05, 0.1) is 11.7 Å². The Morgan fingerprint density at radius 3 is 2.48 bits per heavy atom. The summed E-state index contributed by atoms with van der Waals surface area (Å²) < 4.78 is 6.72. The van der Waals surface area contributed by atoms with E-state index in [2.05, 4.69) is 46.5 Å². The molecule has 0 aromatic heterocycles. The van der Waals surface area contributed by atoms with E-state index in [0.29, 0.717) is 12.8 Å². The van der Waals surface area contributed by atoms with Crippen LogP contribution in [-0.4, -0.2) is 30.4 Å². The normalized spacial score (nSPS) is 49.5. The standard InChI is InChI=1S/C24H37NO3Si/c1-16-13-20-19-8-7-17-14-18(26)9-10-21(17,2)23(19,27)12-11-22(20,3)24(16,15-25)28-29(4,5)6/h14,16,19-20,27H,7-13H2,1-6H3/t16-,19-,20-,21-,22-,23+,24-/m0/s1. The molecule has 0 aliphatic heterocycles. The minimum atomic E-state index is -1.93. The van der Waals surface area contributed by atoms with Gasteiger partial charge in [0.2, 0.25) is 0 Å². The Labute approximate surface area is 176 Å². The molecule has 160 valence electrons. The van der Waals surface area contributed by atoms with E-state index in [1.165, 1.54) is 0 Å². The summed E-state index contributed by atoms with van der Waals surface area (Å²) in [6, 6.07) is 2.68. The molecule has 0 heterocycles. The summed E-state index contributed by atoms with van der Waals surface area (Å²) in [4.78, 5) is 12.1. The lowest BCUT2D eigenvalue weighted by Gasteiger charge is -2.63. The molecular weight excluding hydrogens is 378 g/mol. The van der Waals surface area contributed by atoms with Crippen molar-refractivity contribution >= 4 is 14.1 Å². The number of hydrogen-bond donors (Lipinski definition) is 1. The van der Waals surface area contributed by atoms with Gasteiger partial charge in [-0.3, -0.25) is 4.79 Å². The lowest BCUT2D eigenvalue weighted by Crippen LogP contribution is -2.65. The van der Waals surface area contributed by atoms with Crippen molar-refractivity contribution in [1.82, 2.24) is 0 Å². The highest BCUT2D eigenvalue weighted by Crippen LogP contribution is 2.70. The first-order valence-corrected chi connectivity index (χ1v) is 14.8. The van der Waals surface area contributed by atoms with Crippen LogP contribution in [0.3, 0.4) is 0 Å². The number of fused-ring (bicyclic) bond motifs is 5. The van der Waals surface area contributed by atoms with E-state index in [9.17, 15) is 15.2 Å². The minimum absolute atomic E-state index is 0.161. The summed E-state index contributed by atoms with van der Waals surface area (Å²) in [5, 5.41) is 22.6. The van der Waals surface area contributed by atoms with Crippen molar-refractivity contribution < 1.29 is 14.3 Å². The van der Waals surface area contributed by atoms with Gasteiger partial charge in [-0.25, -0.2) is 0 Å². The Kier molecular flexibility index (Phi) is 4.61. The maximum Gasteiger partial charge on any atom is 0.185 e. The molecule has 29 heavy (non-hydrogen) atoms. The molecule has 4 aliphatic rings. The maximum atomic E-state index is 12.2. The maximum absolute atomic E-state index is 12.2. The van der Waals surface area contributed by atoms with Gasteiger partial charge in [-0.05, 0) is 82.0 Å². The highest BCUT2D eigenvalue weighted by molar-refractivity contribution is 6.69. The Balaban J connectivity index is 1.77. The third kappa shape index (κ3) is 2.65. The van der Waals surface area contributed by atoms with Crippen LogP contribution in [0.15, 0.2) is 11.6 Å². The number of nitrogens with zero attached hydrogens (tertiary/aromatic N) is 1. The van der Waals surface area contributed by atoms with E-state index in [0.717, 1.165) is 37.7 Å². The number of nitriles is 1. The molecule has 0 amide bonds. The van der Waals surface area contributed by atoms with Crippen molar-refractivity contribution in [3.8, 4) is 6.07 Å². The lowest BCUT2D eigenvalue weighted by atomic mass is 9.44. The molecule has 0 radical (unpaired) electrons. The zero-order valence-corrected chi connectivity index (χ0v) is 20.0. The van der Waals surface area contributed by atoms with Gasteiger partial charge in [0.25, 0.3) is 0 Å². The first kappa shape index (κ1) is 21.3. The third-order valence-corrected chi connectivity index (χ3v) is 10.3. The van der Waals surface area contributed by atoms with Gasteiger partial charge in [-0.2, -0.15) is 5.26 Å². The van der Waals surface area contributed by atoms with E-state index in [4.69, 9.17) is 4.43 Å². The summed E-state index contributed by atoms with van der Waals surface area (Å²) in [5.74, 6) is 0.818. The van der Waals surface area contributed by atoms with Gasteiger partial charge >= 0.3 is 0 Å². The second kappa shape index (κ2) is 6.28. The predicted molar refractivity (Wildman–Crippen MR) is 115 cm³/mol. The number of carbonyl (C=O) groups excluding carboxylic acids is 1. The number of aliphatic hydroxyl groups is 1. The minimum Gasteiger partial charge on any atom is -0.399 e. The molecule has 0 saturated heterocycles. The molecular formula is C24H37NO3Si. The molecule has 0 bridgehead atoms. The molecule has 5 heteroatoms. The van der Waals surface area contributed by atoms with Gasteiger partial charge in [-0.15, -0.1) is 0 Å². The summed E-state index contributed by atoms with van der Waals surface area (Å²) in [6.07, 6.45) is 7.36. The first-order chi connectivity index (χ1) is 13.3. The highest BCUT2D eigenvalue weighted by Gasteiger charge is 2.72. The van der Waals surface area contributed by atoms with E-state index in [1.54, 1.807) is 0 Å². The van der Waals surface area contributed by atoms with E-state index < -0.39 is 19.5 Å². The molecule has 0 spiro atoms. The molecule has 4 nitrogen and oxygen atoms in total. The van der Waals surface area contributed by atoms with Gasteiger partial charge < -0.3 is 9.53 Å². The summed E-state index contributed by atoms with van der Waals surface area (Å²) in [5.41, 5.74) is -0.936. The SMILES string of the molecule is C[C@H]1C[C@H]2[C@@H]3CCC4=CC(=O)CC[C@]4(C)[C@@]3(O)CC[C@]2(C)[C@@]1(C#N)O[Si](C)(C)C. The third-order valence-electron chi connectivity index (χ3n) is 9.32. The summed E-state index contributed by atoms with van der Waals surface area (Å²) in [6.45, 7) is 13.2. The van der Waals surface area contributed by atoms with E-state index >= 15 is 0 Å². The first-order valence-electron chi connectivity index (χ1n) is 11.4. The van der Waals surface area contributed by atoms with Crippen molar-refractivity contribution in [3.63, 3.8) is 0 Å². The highest BCUT2D eigenvalue weighted by atomic mass is 28.4. The molecule has 1 N–H and O–H groups in total. The van der Waals surface area contributed by atoms with Crippen molar-refractivity contribution in [3.05, 3.63) is 11.6 Å². The van der Waals surface area contributed by atoms with Crippen LogP contribution in [0.4, 0.5) is 0 Å². The van der Waals surface area contributed by atoms with Crippen LogP contribution in [0.1, 0.15) is 65.7 Å². The van der Waals surface area contributed by atoms with Gasteiger partial charge in [0.15, 0.2) is 19.7 Å². The molecule has 0 unspecified atom stereocenters. The average molecular weight is 416 g/mol. The van der Waals surface area contributed by atoms with Crippen LogP contribution < -0.4 is 0 Å². The van der Waals surface area contributed by atoms with Gasteiger partial charge in [0.1, 0.15) is 0 Å². The fraction of sp³-hybridized carbons (Fsp3) is 0.833. The Hall–Kier alpha value is -0.963. The van der Waals surface area contributed by atoms with Crippen LogP contribution in [0, 0.1) is 39.9 Å². The molecule has 4 aliphatic carbocycles. The van der Waals surface area contributed by atoms with Crippen LogP contribution in [0.2, 0.25) is 19.6 Å². The van der Waals surface area contributed by atoms with Gasteiger partial charge in [-0.1, -0.05) is 26.3 Å². The zero-order chi connectivity index (χ0) is 21.5. The Morgan fingerprint density at radius 2 is 1.86 bits per heavy atom. The number of rotatable bonds is 2. The van der Waals surface area contributed by atoms with Crippen molar-refractivity contribution in [2.75, 3.05) is 0 Å². The van der Waals surface area contributed by atoms with Crippen molar-refractivity contribution in [2.24, 2.45) is 28.6 Å². The average Bonchev–Trinajstić information content (AvgIpc) is 2.83. The number of carbonyl (C=O) groups is 1. The quantitative estimate of drug-likeness (QED) is 0.645. The van der Waals surface area contributed by atoms with Crippen LogP contribution in [-0.2, 0) is 9.22 Å². The molecule has 0 aromatic carbocycles. The van der Waals surface area contributed by atoms with Crippen LogP contribution in [0.5, 0.6) is 0 Å². The van der Waals surface area contributed by atoms with E-state index in [-0.39, 0.29) is 34.4 Å². The zero-order valence-electron chi connectivity index (χ0n) is 19.0. The number of hydrogen-bond acceptors (Lipinski definition) is 4. The monoisotopic (exact) mass is 415 g/mol. The smallest absolute Gasteiger partial charge is 0.185 e. The fourth-order valence-corrected chi connectivity index (χ4v) is 9.24. The van der Waals surface area contributed by atoms with Crippen molar-refractivity contribution in [1.29, 1.82) is 5.26 Å². The summed E-state index contributed by atoms with van der Waals surface area (Å²) >= 11 is 0. The predicted octanol–water partition coefficient (Wildman–Crippen LogP) is 4.99. The largest absolute Gasteiger partial charge is 0.399 e. The second-order valence-electron chi connectivity index (χ2n) is 11.8. The molecule has 3 fully saturated rings. The molecule has 7 atom stereocenters. The molecule has 4 rings (SSSR count). The topological polar surface area (TPSA) is 70.3 Å². The molecule has 0 aromatic rings. The Morgan fingerprint density at radius 1 is 1.17 bits per heavy atom.